The monoisotopic (exact) mass is 580 g/mol. The number of thiol groups is 3. The third kappa shape index (κ3) is 5.37. The van der Waals surface area contributed by atoms with Gasteiger partial charge in [0.05, 0.1) is 17.4 Å². The molecular weight excluding hydrogens is 565 g/mol. The van der Waals surface area contributed by atoms with Crippen molar-refractivity contribution < 1.29 is 30.7 Å². The minimum atomic E-state index is -4.55. The van der Waals surface area contributed by atoms with Gasteiger partial charge in [0, 0.05) is 11.9 Å². The molecule has 0 amide bonds. The van der Waals surface area contributed by atoms with Gasteiger partial charge in [0.1, 0.15) is 11.1 Å². The summed E-state index contributed by atoms with van der Waals surface area (Å²) in [5, 5.41) is -0.653. The number of hydrogen-bond acceptors (Lipinski definition) is 7. The van der Waals surface area contributed by atoms with Gasteiger partial charge in [-0.3, -0.25) is 4.57 Å². The second kappa shape index (κ2) is 9.63. The Balaban J connectivity index is 1.92. The molecule has 0 radical (unpaired) electrons. The van der Waals surface area contributed by atoms with Crippen LogP contribution in [0.4, 0.5) is 42.2 Å². The molecule has 1 aliphatic carbocycles. The topological polar surface area (TPSA) is 51.0 Å². The highest BCUT2D eigenvalue weighted by molar-refractivity contribution is 8.15. The molecule has 15 heteroatoms. The maximum absolute atomic E-state index is 15.1. The second-order valence-corrected chi connectivity index (χ2v) is 11.1. The summed E-state index contributed by atoms with van der Waals surface area (Å²) in [6, 6.07) is 3.98. The summed E-state index contributed by atoms with van der Waals surface area (Å²) < 4.78 is 95.0. The van der Waals surface area contributed by atoms with E-state index in [1.807, 2.05) is 0 Å². The fourth-order valence-electron chi connectivity index (χ4n) is 3.62. The zero-order valence-corrected chi connectivity index (χ0v) is 21.0. The summed E-state index contributed by atoms with van der Waals surface area (Å²) in [7, 11) is 0. The molecule has 0 saturated heterocycles. The molecule has 1 fully saturated rings. The minimum absolute atomic E-state index is 0.153. The largest absolute Gasteiger partial charge is 0.405 e. The fourth-order valence-corrected chi connectivity index (χ4v) is 4.20. The summed E-state index contributed by atoms with van der Waals surface area (Å²) in [5.74, 6) is 0.921. The van der Waals surface area contributed by atoms with E-state index >= 15 is 4.39 Å². The molecule has 1 saturated carbocycles. The van der Waals surface area contributed by atoms with E-state index in [2.05, 4.69) is 59.7 Å². The number of nitrogens with zero attached hydrogens (tertiary/aromatic N) is 4. The highest BCUT2D eigenvalue weighted by Gasteiger charge is 2.62. The summed E-state index contributed by atoms with van der Waals surface area (Å²) in [5.41, 5.74) is -3.93. The van der Waals surface area contributed by atoms with Crippen molar-refractivity contribution in [1.82, 2.24) is 14.5 Å². The van der Waals surface area contributed by atoms with Crippen molar-refractivity contribution in [1.29, 1.82) is 0 Å². The van der Waals surface area contributed by atoms with Crippen LogP contribution in [0.2, 0.25) is 0 Å². The highest BCUT2D eigenvalue weighted by Crippen LogP contribution is 2.57. The molecule has 3 aromatic rings. The lowest BCUT2D eigenvalue weighted by Crippen LogP contribution is -2.35. The molecule has 0 aliphatic heterocycles. The van der Waals surface area contributed by atoms with Crippen LogP contribution in [0.1, 0.15) is 18.5 Å². The van der Waals surface area contributed by atoms with E-state index in [0.717, 1.165) is 23.2 Å². The van der Waals surface area contributed by atoms with Crippen LogP contribution in [0.5, 0.6) is 0 Å². The van der Waals surface area contributed by atoms with Crippen molar-refractivity contribution in [2.45, 2.75) is 29.0 Å². The third-order valence-corrected chi connectivity index (χ3v) is 6.18. The van der Waals surface area contributed by atoms with Gasteiger partial charge < -0.3 is 4.90 Å². The Morgan fingerprint density at radius 2 is 1.81 bits per heavy atom. The minimum Gasteiger partial charge on any atom is -0.320 e. The number of pyridine rings is 1. The normalized spacial score (nSPS) is 15.0. The number of fused-ring (bicyclic) bond motifs is 1. The smallest absolute Gasteiger partial charge is 0.320 e. The SMILES string of the molecule is O=c1nc(N(CC(F)F)c2ccnc(C#CC3(C(F)(F)F)CC3)c2)c2c(F)c(F)ccc2n1C(S)(S)S. The Kier molecular flexibility index (Phi) is 7.15. The zero-order valence-electron chi connectivity index (χ0n) is 18.3. The van der Waals surface area contributed by atoms with E-state index in [1.165, 1.54) is 6.07 Å². The lowest BCUT2D eigenvalue weighted by Gasteiger charge is -2.27. The number of benzene rings is 1. The van der Waals surface area contributed by atoms with Crippen molar-refractivity contribution in [2.24, 2.45) is 5.41 Å². The van der Waals surface area contributed by atoms with E-state index in [9.17, 15) is 31.1 Å². The van der Waals surface area contributed by atoms with Crippen molar-refractivity contribution >= 4 is 60.3 Å². The summed E-state index contributed by atoms with van der Waals surface area (Å²) >= 11 is 12.1. The zero-order chi connectivity index (χ0) is 27.3. The second-order valence-electron chi connectivity index (χ2n) is 8.14. The molecule has 0 atom stereocenters. The van der Waals surface area contributed by atoms with Crippen LogP contribution < -0.4 is 10.6 Å². The van der Waals surface area contributed by atoms with Gasteiger partial charge in [-0.05, 0) is 43.0 Å². The summed E-state index contributed by atoms with van der Waals surface area (Å²) in [4.78, 5) is 21.1. The van der Waals surface area contributed by atoms with Crippen LogP contribution in [0.15, 0.2) is 35.3 Å². The van der Waals surface area contributed by atoms with Gasteiger partial charge in [0.15, 0.2) is 21.0 Å². The number of anilines is 2. The van der Waals surface area contributed by atoms with Crippen LogP contribution in [0.25, 0.3) is 10.9 Å². The first-order valence-electron chi connectivity index (χ1n) is 10.3. The van der Waals surface area contributed by atoms with E-state index in [-0.39, 0.29) is 29.7 Å². The number of hydrogen-bond donors (Lipinski definition) is 3. The molecular formula is C22H15F7N4OS3. The number of rotatable bonds is 5. The van der Waals surface area contributed by atoms with Crippen LogP contribution in [-0.2, 0) is 3.54 Å². The van der Waals surface area contributed by atoms with Gasteiger partial charge in [0.2, 0.25) is 0 Å². The van der Waals surface area contributed by atoms with E-state index in [4.69, 9.17) is 0 Å². The van der Waals surface area contributed by atoms with Crippen molar-refractivity contribution in [2.75, 3.05) is 11.4 Å². The van der Waals surface area contributed by atoms with E-state index < -0.39 is 56.6 Å². The van der Waals surface area contributed by atoms with Crippen LogP contribution in [-0.4, -0.2) is 33.7 Å². The Hall–Kier alpha value is -2.57. The molecule has 5 nitrogen and oxygen atoms in total. The molecule has 1 aliphatic rings. The molecule has 196 valence electrons. The first-order chi connectivity index (χ1) is 17.1. The molecule has 0 bridgehead atoms. The lowest BCUT2D eigenvalue weighted by atomic mass is 10.1. The van der Waals surface area contributed by atoms with Gasteiger partial charge in [-0.15, -0.1) is 37.9 Å². The summed E-state index contributed by atoms with van der Waals surface area (Å²) in [6.07, 6.45) is -6.87. The molecule has 0 unspecified atom stereocenters. The maximum atomic E-state index is 15.1. The number of halogens is 7. The molecule has 4 rings (SSSR count). The molecule has 1 aromatic carbocycles. The summed E-state index contributed by atoms with van der Waals surface area (Å²) in [6.45, 7) is -1.14. The van der Waals surface area contributed by atoms with Gasteiger partial charge in [0.25, 0.3) is 6.43 Å². The van der Waals surface area contributed by atoms with Crippen molar-refractivity contribution in [3.8, 4) is 11.8 Å². The first kappa shape index (κ1) is 27.5. The average molecular weight is 581 g/mol. The quantitative estimate of drug-likeness (QED) is 0.161. The Morgan fingerprint density at radius 1 is 1.14 bits per heavy atom. The Bertz CT molecular complexity index is 1490. The third-order valence-electron chi connectivity index (χ3n) is 5.58. The molecule has 2 aromatic heterocycles. The average Bonchev–Trinajstić information content (AvgIpc) is 3.59. The fraction of sp³-hybridized carbons (Fsp3) is 0.318. The molecule has 0 spiro atoms. The first-order valence-corrected chi connectivity index (χ1v) is 11.7. The van der Waals surface area contributed by atoms with E-state index in [1.54, 1.807) is 0 Å². The van der Waals surface area contributed by atoms with Crippen molar-refractivity contribution in [3.63, 3.8) is 0 Å². The Labute approximate surface area is 221 Å². The molecule has 2 heterocycles. The van der Waals surface area contributed by atoms with Gasteiger partial charge in [-0.25, -0.2) is 27.3 Å². The van der Waals surface area contributed by atoms with Crippen molar-refractivity contribution in [3.05, 3.63) is 58.3 Å². The van der Waals surface area contributed by atoms with Gasteiger partial charge in [-0.2, -0.15) is 18.2 Å². The van der Waals surface area contributed by atoms with Crippen LogP contribution >= 0.6 is 37.9 Å². The number of alkyl halides is 5. The standard InChI is InChI=1S/C22H15F7N4OS3/c23-13-1-2-14-16(17(13)26)18(31-19(34)33(14)22(35,36)37)32(10-15(24)25)12-4-8-30-11(9-12)3-5-20(6-7-20)21(27,28)29/h1-2,4,8-9,15,35-37H,6-7,10H2. The van der Waals surface area contributed by atoms with E-state index in [0.29, 0.717) is 10.6 Å². The molecule has 0 N–H and O–H groups in total. The van der Waals surface area contributed by atoms with Crippen LogP contribution in [0.3, 0.4) is 0 Å². The van der Waals surface area contributed by atoms with Gasteiger partial charge in [-0.1, -0.05) is 5.92 Å². The predicted molar refractivity (Wildman–Crippen MR) is 133 cm³/mol. The predicted octanol–water partition coefficient (Wildman–Crippen LogP) is 5.52. The Morgan fingerprint density at radius 3 is 2.38 bits per heavy atom. The lowest BCUT2D eigenvalue weighted by molar-refractivity contribution is -0.168. The molecule has 37 heavy (non-hydrogen) atoms. The van der Waals surface area contributed by atoms with Crippen LogP contribution in [0, 0.1) is 28.9 Å². The van der Waals surface area contributed by atoms with Gasteiger partial charge >= 0.3 is 11.9 Å². The maximum Gasteiger partial charge on any atom is 0.405 e. The number of aromatic nitrogens is 3. The highest BCUT2D eigenvalue weighted by atomic mass is 32.2.